The molecule has 0 aliphatic rings. The van der Waals surface area contributed by atoms with Crippen molar-refractivity contribution < 1.29 is 20.1 Å². The minimum absolute atomic E-state index is 0.0991. The van der Waals surface area contributed by atoms with Crippen LogP contribution in [0.3, 0.4) is 0 Å². The second-order valence-electron chi connectivity index (χ2n) is 2.91. The summed E-state index contributed by atoms with van der Waals surface area (Å²) < 4.78 is 0. The van der Waals surface area contributed by atoms with Gasteiger partial charge in [-0.25, -0.2) is 0 Å². The van der Waals surface area contributed by atoms with Gasteiger partial charge in [-0.05, 0) is 23.8 Å². The highest BCUT2D eigenvalue weighted by Crippen LogP contribution is 2.23. The summed E-state index contributed by atoms with van der Waals surface area (Å²) >= 11 is 0. The maximum absolute atomic E-state index is 10.7. The lowest BCUT2D eigenvalue weighted by Gasteiger charge is -1.97. The Morgan fingerprint density at radius 1 is 1.33 bits per heavy atom. The summed E-state index contributed by atoms with van der Waals surface area (Å²) in [7, 11) is 0. The van der Waals surface area contributed by atoms with Crippen molar-refractivity contribution in [3.05, 3.63) is 23.8 Å². The summed E-state index contributed by atoms with van der Waals surface area (Å²) in [6.45, 7) is -0.629. The number of phenolic OH excluding ortho intramolecular Hbond substituents is 2. The molecule has 0 amide bonds. The van der Waals surface area contributed by atoms with Gasteiger partial charge in [0, 0.05) is 6.21 Å². The van der Waals surface area contributed by atoms with Crippen LogP contribution < -0.4 is 0 Å². The molecule has 0 fully saturated rings. The zero-order valence-electron chi connectivity index (χ0n) is 7.92. The first-order chi connectivity index (χ1) is 7.13. The zero-order chi connectivity index (χ0) is 11.3. The van der Waals surface area contributed by atoms with Crippen LogP contribution >= 0.6 is 0 Å². The minimum Gasteiger partial charge on any atom is -0.504 e. The third-order valence-electron chi connectivity index (χ3n) is 1.68. The highest BCUT2D eigenvalue weighted by molar-refractivity contribution is 5.86. The fourth-order valence-corrected chi connectivity index (χ4v) is 0.924. The Balaban J connectivity index is 2.65. The van der Waals surface area contributed by atoms with Crippen LogP contribution in [0.2, 0.25) is 0 Å². The van der Waals surface area contributed by atoms with Gasteiger partial charge in [0.25, 0.3) is 0 Å². The third kappa shape index (κ3) is 3.40. The van der Waals surface area contributed by atoms with Crippen molar-refractivity contribution >= 4 is 12.0 Å². The summed E-state index contributed by atoms with van der Waals surface area (Å²) in [5.41, 5.74) is 0.566. The lowest BCUT2D eigenvalue weighted by atomic mass is 10.2. The number of carbonyl (C=O) groups is 1. The van der Waals surface area contributed by atoms with Gasteiger partial charge in [-0.1, -0.05) is 0 Å². The first-order valence-corrected chi connectivity index (χ1v) is 4.28. The van der Waals surface area contributed by atoms with Crippen LogP contribution in [0.15, 0.2) is 23.2 Å². The lowest BCUT2D eigenvalue weighted by molar-refractivity contribution is -0.120. The predicted molar refractivity (Wildman–Crippen MR) is 54.3 cm³/mol. The molecule has 0 spiro atoms. The number of hydrogen-bond donors (Lipinski definition) is 3. The molecule has 1 aromatic rings. The number of benzene rings is 1. The van der Waals surface area contributed by atoms with Crippen molar-refractivity contribution in [2.24, 2.45) is 4.99 Å². The fourth-order valence-electron chi connectivity index (χ4n) is 0.924. The molecule has 5 nitrogen and oxygen atoms in total. The predicted octanol–water partition coefficient (Wildman–Crippen LogP) is 0.0781. The summed E-state index contributed by atoms with van der Waals surface area (Å²) in [6, 6.07) is 4.19. The summed E-state index contributed by atoms with van der Waals surface area (Å²) in [5, 5.41) is 26.6. The number of ketones is 1. The molecule has 0 bridgehead atoms. The van der Waals surface area contributed by atoms with E-state index in [0.717, 1.165) is 0 Å². The molecular formula is C10H11NO4. The average molecular weight is 209 g/mol. The molecule has 0 unspecified atom stereocenters. The minimum atomic E-state index is -0.530. The molecule has 0 aliphatic heterocycles. The second-order valence-corrected chi connectivity index (χ2v) is 2.91. The molecule has 0 saturated heterocycles. The summed E-state index contributed by atoms with van der Waals surface area (Å²) in [6.07, 6.45) is 1.38. The molecule has 1 rings (SSSR count). The van der Waals surface area contributed by atoms with Gasteiger partial charge in [0.15, 0.2) is 17.3 Å². The van der Waals surface area contributed by atoms with Crippen LogP contribution in [0.1, 0.15) is 5.56 Å². The van der Waals surface area contributed by atoms with Crippen LogP contribution in [0.25, 0.3) is 0 Å². The van der Waals surface area contributed by atoms with Crippen molar-refractivity contribution in [1.82, 2.24) is 0 Å². The Bertz CT molecular complexity index is 387. The Morgan fingerprint density at radius 3 is 2.67 bits per heavy atom. The highest BCUT2D eigenvalue weighted by Gasteiger charge is 1.99. The normalized spacial score (nSPS) is 10.7. The van der Waals surface area contributed by atoms with E-state index in [2.05, 4.69) is 4.99 Å². The highest BCUT2D eigenvalue weighted by atomic mass is 16.3. The number of aliphatic hydroxyl groups is 1. The van der Waals surface area contributed by atoms with Crippen molar-refractivity contribution in [1.29, 1.82) is 0 Å². The molecule has 80 valence electrons. The molecule has 5 heteroatoms. The zero-order valence-corrected chi connectivity index (χ0v) is 7.92. The van der Waals surface area contributed by atoms with Gasteiger partial charge < -0.3 is 15.3 Å². The van der Waals surface area contributed by atoms with Crippen molar-refractivity contribution in [3.8, 4) is 11.5 Å². The Kier molecular flexibility index (Phi) is 3.82. The lowest BCUT2D eigenvalue weighted by Crippen LogP contribution is -2.07. The fraction of sp³-hybridized carbons (Fsp3) is 0.200. The quantitative estimate of drug-likeness (QED) is 0.483. The second kappa shape index (κ2) is 5.11. The number of phenols is 2. The van der Waals surface area contributed by atoms with Gasteiger partial charge in [-0.2, -0.15) is 0 Å². The molecule has 0 atom stereocenters. The van der Waals surface area contributed by atoms with E-state index in [0.29, 0.717) is 5.56 Å². The molecule has 0 saturated carbocycles. The molecule has 0 heterocycles. The standard InChI is InChI=1S/C10H11NO4/c12-6-8(13)5-11-4-7-1-2-9(14)10(15)3-7/h1-4,12,14-15H,5-6H2. The number of nitrogens with zero attached hydrogens (tertiary/aromatic N) is 1. The van der Waals surface area contributed by atoms with Crippen LogP contribution in [0, 0.1) is 0 Å². The smallest absolute Gasteiger partial charge is 0.179 e. The maximum atomic E-state index is 10.7. The summed E-state index contributed by atoms with van der Waals surface area (Å²) in [4.78, 5) is 14.4. The Hall–Kier alpha value is -1.88. The third-order valence-corrected chi connectivity index (χ3v) is 1.68. The van der Waals surface area contributed by atoms with Gasteiger partial charge >= 0.3 is 0 Å². The van der Waals surface area contributed by atoms with Gasteiger partial charge in [-0.15, -0.1) is 0 Å². The van der Waals surface area contributed by atoms with Crippen molar-refractivity contribution in [2.45, 2.75) is 0 Å². The maximum Gasteiger partial charge on any atom is 0.179 e. The molecule has 1 aromatic carbocycles. The average Bonchev–Trinajstić information content (AvgIpc) is 2.23. The van der Waals surface area contributed by atoms with Gasteiger partial charge in [-0.3, -0.25) is 9.79 Å². The van der Waals surface area contributed by atoms with Crippen molar-refractivity contribution in [2.75, 3.05) is 13.2 Å². The first-order valence-electron chi connectivity index (χ1n) is 4.28. The first kappa shape index (κ1) is 11.2. The van der Waals surface area contributed by atoms with Crippen LogP contribution in [-0.4, -0.2) is 40.5 Å². The molecule has 0 aliphatic carbocycles. The van der Waals surface area contributed by atoms with Crippen molar-refractivity contribution in [3.63, 3.8) is 0 Å². The van der Waals surface area contributed by atoms with Crippen LogP contribution in [0.5, 0.6) is 11.5 Å². The SMILES string of the molecule is O=C(CO)CN=Cc1ccc(O)c(O)c1. The largest absolute Gasteiger partial charge is 0.504 e. The molecular weight excluding hydrogens is 198 g/mol. The van der Waals surface area contributed by atoms with E-state index < -0.39 is 6.61 Å². The van der Waals surface area contributed by atoms with E-state index in [9.17, 15) is 4.79 Å². The van der Waals surface area contributed by atoms with E-state index in [1.54, 1.807) is 6.07 Å². The van der Waals surface area contributed by atoms with Gasteiger partial charge in [0.2, 0.25) is 0 Å². The number of carbonyl (C=O) groups excluding carboxylic acids is 1. The van der Waals surface area contributed by atoms with E-state index in [1.807, 2.05) is 0 Å². The monoisotopic (exact) mass is 209 g/mol. The van der Waals surface area contributed by atoms with E-state index >= 15 is 0 Å². The number of aliphatic imine (C=N–C) groups is 1. The van der Waals surface area contributed by atoms with Gasteiger partial charge in [0.05, 0.1) is 6.54 Å². The number of Topliss-reactive ketones (excluding diaryl/α,β-unsaturated/α-hetero) is 1. The topological polar surface area (TPSA) is 90.1 Å². The van der Waals surface area contributed by atoms with E-state index in [4.69, 9.17) is 15.3 Å². The van der Waals surface area contributed by atoms with Crippen LogP contribution in [0.4, 0.5) is 0 Å². The number of hydrogen-bond acceptors (Lipinski definition) is 5. The van der Waals surface area contributed by atoms with Crippen LogP contribution in [-0.2, 0) is 4.79 Å². The number of aliphatic hydroxyl groups excluding tert-OH is 1. The van der Waals surface area contributed by atoms with E-state index in [-0.39, 0.29) is 23.8 Å². The number of rotatable bonds is 4. The molecule has 3 N–H and O–H groups in total. The Labute approximate surface area is 86.3 Å². The summed E-state index contributed by atoms with van der Waals surface area (Å²) in [5.74, 6) is -0.833. The van der Waals surface area contributed by atoms with Gasteiger partial charge in [0.1, 0.15) is 6.61 Å². The molecule has 0 radical (unpaired) electrons. The number of aromatic hydroxyl groups is 2. The molecule has 0 aromatic heterocycles. The van der Waals surface area contributed by atoms with E-state index in [1.165, 1.54) is 18.3 Å². The molecule has 15 heavy (non-hydrogen) atoms. The Morgan fingerprint density at radius 2 is 2.07 bits per heavy atom.